The van der Waals surface area contributed by atoms with E-state index in [0.29, 0.717) is 30.3 Å². The number of allylic oxidation sites excluding steroid dienone is 1. The van der Waals surface area contributed by atoms with Gasteiger partial charge in [-0.25, -0.2) is 0 Å². The van der Waals surface area contributed by atoms with Gasteiger partial charge >= 0.3 is 0 Å². The molecule has 2 aliphatic rings. The number of hydrogen-bond acceptors (Lipinski definition) is 4. The van der Waals surface area contributed by atoms with Gasteiger partial charge in [-0.3, -0.25) is 9.69 Å². The Morgan fingerprint density at radius 1 is 1.00 bits per heavy atom. The van der Waals surface area contributed by atoms with Crippen LogP contribution >= 0.6 is 0 Å². The third-order valence-corrected chi connectivity index (χ3v) is 5.31. The van der Waals surface area contributed by atoms with Crippen LogP contribution in [0.2, 0.25) is 0 Å². The van der Waals surface area contributed by atoms with Crippen LogP contribution in [0.5, 0.6) is 11.5 Å². The Morgan fingerprint density at radius 2 is 1.79 bits per heavy atom. The lowest BCUT2D eigenvalue weighted by atomic mass is 10.0. The summed E-state index contributed by atoms with van der Waals surface area (Å²) in [5.74, 6) is 1.69. The van der Waals surface area contributed by atoms with Crippen molar-refractivity contribution in [1.82, 2.24) is 4.90 Å². The maximum Gasteiger partial charge on any atom is 0.231 e. The topological polar surface area (TPSA) is 38.8 Å². The number of carbonyl (C=O) groups is 1. The summed E-state index contributed by atoms with van der Waals surface area (Å²) in [6.45, 7) is 4.06. The molecule has 3 aromatic carbocycles. The first-order valence-electron chi connectivity index (χ1n) is 9.73. The number of ether oxygens (including phenoxy) is 2. The summed E-state index contributed by atoms with van der Waals surface area (Å²) in [4.78, 5) is 15.1. The van der Waals surface area contributed by atoms with Crippen molar-refractivity contribution in [2.45, 2.75) is 20.0 Å². The second-order valence-electron chi connectivity index (χ2n) is 7.52. The molecule has 2 aliphatic heterocycles. The molecule has 0 unspecified atom stereocenters. The zero-order chi connectivity index (χ0) is 19.8. The molecule has 4 nitrogen and oxygen atoms in total. The van der Waals surface area contributed by atoms with Crippen molar-refractivity contribution < 1.29 is 14.3 Å². The maximum absolute atomic E-state index is 12.8. The van der Waals surface area contributed by atoms with Crippen LogP contribution in [0.1, 0.15) is 32.6 Å². The van der Waals surface area contributed by atoms with Gasteiger partial charge in [0.15, 0.2) is 5.76 Å². The van der Waals surface area contributed by atoms with Crippen molar-refractivity contribution in [3.8, 4) is 11.5 Å². The summed E-state index contributed by atoms with van der Waals surface area (Å²) in [5, 5.41) is 0. The number of carbonyl (C=O) groups excluding carboxylic acids is 1. The number of aryl methyl sites for hydroxylation is 1. The Labute approximate surface area is 170 Å². The Morgan fingerprint density at radius 3 is 2.59 bits per heavy atom. The predicted molar refractivity (Wildman–Crippen MR) is 112 cm³/mol. The van der Waals surface area contributed by atoms with Gasteiger partial charge < -0.3 is 9.47 Å². The van der Waals surface area contributed by atoms with Crippen molar-refractivity contribution in [3.63, 3.8) is 0 Å². The largest absolute Gasteiger partial charge is 0.478 e. The molecule has 3 aromatic rings. The summed E-state index contributed by atoms with van der Waals surface area (Å²) < 4.78 is 12.0. The molecule has 0 aliphatic carbocycles. The van der Waals surface area contributed by atoms with Crippen LogP contribution in [0.15, 0.2) is 72.5 Å². The number of rotatable bonds is 3. The minimum absolute atomic E-state index is 0.0812. The fraction of sp³-hybridized carbons (Fsp3) is 0.160. The van der Waals surface area contributed by atoms with E-state index in [1.54, 1.807) is 12.1 Å². The molecule has 2 heterocycles. The second-order valence-corrected chi connectivity index (χ2v) is 7.52. The van der Waals surface area contributed by atoms with E-state index in [2.05, 4.69) is 36.1 Å². The molecule has 0 N–H and O–H groups in total. The zero-order valence-electron chi connectivity index (χ0n) is 16.2. The molecule has 0 radical (unpaired) electrons. The standard InChI is InChI=1S/C25H21NO3/c1-17-7-9-19(10-8-17)14-26-15-21-22(28-16-26)12-11-20-24(27)23(29-25(20)21)13-18-5-3-2-4-6-18/h2-13H,14-16H2,1H3/b23-13-. The second kappa shape index (κ2) is 7.22. The van der Waals surface area contributed by atoms with E-state index in [-0.39, 0.29) is 5.78 Å². The molecular formula is C25H21NO3. The number of fused-ring (bicyclic) bond motifs is 3. The van der Waals surface area contributed by atoms with Crippen LogP contribution in [-0.2, 0) is 13.1 Å². The molecule has 0 atom stereocenters. The number of ketones is 1. The van der Waals surface area contributed by atoms with E-state index >= 15 is 0 Å². The summed E-state index contributed by atoms with van der Waals surface area (Å²) in [5.41, 5.74) is 4.96. The quantitative estimate of drug-likeness (QED) is 0.599. The van der Waals surface area contributed by atoms with Crippen molar-refractivity contribution in [2.75, 3.05) is 6.73 Å². The minimum atomic E-state index is -0.0812. The smallest absolute Gasteiger partial charge is 0.231 e. The van der Waals surface area contributed by atoms with Crippen LogP contribution in [0.25, 0.3) is 6.08 Å². The molecule has 0 saturated heterocycles. The first-order valence-corrected chi connectivity index (χ1v) is 9.73. The summed E-state index contributed by atoms with van der Waals surface area (Å²) in [7, 11) is 0. The van der Waals surface area contributed by atoms with Crippen LogP contribution in [0.4, 0.5) is 0 Å². The molecular weight excluding hydrogens is 362 g/mol. The van der Waals surface area contributed by atoms with Gasteiger partial charge in [-0.15, -0.1) is 0 Å². The van der Waals surface area contributed by atoms with Crippen molar-refractivity contribution >= 4 is 11.9 Å². The molecule has 5 rings (SSSR count). The summed E-state index contributed by atoms with van der Waals surface area (Å²) in [6.07, 6.45) is 1.79. The third-order valence-electron chi connectivity index (χ3n) is 5.31. The number of Topliss-reactive ketones (excluding diaryl/α,β-unsaturated/α-hetero) is 1. The van der Waals surface area contributed by atoms with Gasteiger partial charge in [-0.2, -0.15) is 0 Å². The van der Waals surface area contributed by atoms with Gasteiger partial charge in [0, 0.05) is 13.1 Å². The summed E-state index contributed by atoms with van der Waals surface area (Å²) >= 11 is 0. The van der Waals surface area contributed by atoms with Crippen LogP contribution in [0, 0.1) is 6.92 Å². The average Bonchev–Trinajstić information content (AvgIpc) is 3.06. The Kier molecular flexibility index (Phi) is 4.41. The lowest BCUT2D eigenvalue weighted by Gasteiger charge is -2.29. The number of benzene rings is 3. The molecule has 4 heteroatoms. The molecule has 144 valence electrons. The Balaban J connectivity index is 1.42. The first kappa shape index (κ1) is 17.7. The van der Waals surface area contributed by atoms with E-state index in [0.717, 1.165) is 23.4 Å². The van der Waals surface area contributed by atoms with Crippen LogP contribution < -0.4 is 9.47 Å². The highest BCUT2D eigenvalue weighted by Gasteiger charge is 2.33. The minimum Gasteiger partial charge on any atom is -0.478 e. The molecule has 0 amide bonds. The van der Waals surface area contributed by atoms with Crippen molar-refractivity contribution in [2.24, 2.45) is 0 Å². The highest BCUT2D eigenvalue weighted by atomic mass is 16.5. The molecule has 0 aromatic heterocycles. The van der Waals surface area contributed by atoms with Gasteiger partial charge in [0.1, 0.15) is 18.2 Å². The fourth-order valence-corrected chi connectivity index (χ4v) is 3.76. The van der Waals surface area contributed by atoms with Crippen molar-refractivity contribution in [3.05, 3.63) is 100 Å². The van der Waals surface area contributed by atoms with Gasteiger partial charge in [-0.05, 0) is 36.3 Å². The third kappa shape index (κ3) is 3.43. The molecule has 0 spiro atoms. The lowest BCUT2D eigenvalue weighted by Crippen LogP contribution is -2.31. The summed E-state index contributed by atoms with van der Waals surface area (Å²) in [6, 6.07) is 21.9. The number of hydrogen-bond donors (Lipinski definition) is 0. The van der Waals surface area contributed by atoms with E-state index in [1.165, 1.54) is 11.1 Å². The monoisotopic (exact) mass is 383 g/mol. The van der Waals surface area contributed by atoms with Gasteiger partial charge in [0.05, 0.1) is 11.1 Å². The average molecular weight is 383 g/mol. The molecule has 29 heavy (non-hydrogen) atoms. The van der Waals surface area contributed by atoms with Gasteiger partial charge in [0.25, 0.3) is 0 Å². The van der Waals surface area contributed by atoms with Crippen molar-refractivity contribution in [1.29, 1.82) is 0 Å². The SMILES string of the molecule is Cc1ccc(CN2COc3ccc4c(c3C2)O/C(=C\c2ccccc2)C4=O)cc1. The predicted octanol–water partition coefficient (Wildman–Crippen LogP) is 4.96. The highest BCUT2D eigenvalue weighted by molar-refractivity contribution is 6.15. The Bertz CT molecular complexity index is 1100. The van der Waals surface area contributed by atoms with Crippen LogP contribution in [-0.4, -0.2) is 17.4 Å². The molecule has 0 fully saturated rings. The maximum atomic E-state index is 12.8. The fourth-order valence-electron chi connectivity index (χ4n) is 3.76. The van der Waals surface area contributed by atoms with E-state index in [4.69, 9.17) is 9.47 Å². The first-order chi connectivity index (χ1) is 14.2. The van der Waals surface area contributed by atoms with E-state index in [9.17, 15) is 4.79 Å². The number of nitrogens with zero attached hydrogens (tertiary/aromatic N) is 1. The van der Waals surface area contributed by atoms with Gasteiger partial charge in [-0.1, -0.05) is 60.2 Å². The lowest BCUT2D eigenvalue weighted by molar-refractivity contribution is 0.0873. The molecule has 0 saturated carbocycles. The van der Waals surface area contributed by atoms with Crippen LogP contribution in [0.3, 0.4) is 0 Å². The molecule has 0 bridgehead atoms. The van der Waals surface area contributed by atoms with E-state index in [1.807, 2.05) is 36.4 Å². The Hall–Kier alpha value is -3.37. The highest BCUT2D eigenvalue weighted by Crippen LogP contribution is 2.42. The van der Waals surface area contributed by atoms with Gasteiger partial charge in [0.2, 0.25) is 5.78 Å². The normalized spacial score (nSPS) is 16.9. The zero-order valence-corrected chi connectivity index (χ0v) is 16.2. The van der Waals surface area contributed by atoms with E-state index < -0.39 is 0 Å².